The molecular weight excluding hydrogens is 264 g/mol. The van der Waals surface area contributed by atoms with Gasteiger partial charge in [-0.25, -0.2) is 4.98 Å². The third kappa shape index (κ3) is 4.15. The van der Waals surface area contributed by atoms with Crippen LogP contribution in [-0.2, 0) is 6.42 Å². The minimum absolute atomic E-state index is 0.381. The van der Waals surface area contributed by atoms with E-state index < -0.39 is 0 Å². The molecule has 0 amide bonds. The van der Waals surface area contributed by atoms with Crippen LogP contribution < -0.4 is 5.32 Å². The second-order valence-corrected chi connectivity index (χ2v) is 6.73. The Morgan fingerprint density at radius 2 is 1.85 bits per heavy atom. The van der Waals surface area contributed by atoms with Gasteiger partial charge in [0.25, 0.3) is 0 Å². The molecule has 0 bridgehead atoms. The number of hydrogen-bond donors (Lipinski definition) is 1. The molecule has 1 N–H and O–H groups in total. The summed E-state index contributed by atoms with van der Waals surface area (Å²) in [5.74, 6) is 0. The number of aromatic nitrogens is 1. The zero-order valence-electron chi connectivity index (χ0n) is 12.8. The summed E-state index contributed by atoms with van der Waals surface area (Å²) in [5, 5.41) is 4.85. The maximum absolute atomic E-state index is 4.51. The monoisotopic (exact) mass is 288 g/mol. The van der Waals surface area contributed by atoms with Gasteiger partial charge in [0.15, 0.2) is 0 Å². The smallest absolute Gasteiger partial charge is 0.0900 e. The van der Waals surface area contributed by atoms with Crippen molar-refractivity contribution in [3.8, 4) is 0 Å². The lowest BCUT2D eigenvalue weighted by atomic mass is 10.1. The van der Waals surface area contributed by atoms with E-state index >= 15 is 0 Å². The molecule has 20 heavy (non-hydrogen) atoms. The molecule has 2 nitrogen and oxygen atoms in total. The second kappa shape index (κ2) is 7.00. The van der Waals surface area contributed by atoms with Crippen molar-refractivity contribution in [1.82, 2.24) is 10.3 Å². The molecule has 3 heteroatoms. The maximum Gasteiger partial charge on any atom is 0.0900 e. The minimum Gasteiger partial charge on any atom is -0.307 e. The molecule has 0 aliphatic heterocycles. The normalized spacial score (nSPS) is 14.2. The van der Waals surface area contributed by atoms with Crippen LogP contribution in [0.2, 0.25) is 0 Å². The summed E-state index contributed by atoms with van der Waals surface area (Å²) in [7, 11) is 0. The van der Waals surface area contributed by atoms with Crippen molar-refractivity contribution in [3.05, 3.63) is 51.5 Å². The summed E-state index contributed by atoms with van der Waals surface area (Å²) in [6.07, 6.45) is 2.29. The molecule has 0 saturated heterocycles. The van der Waals surface area contributed by atoms with Crippen molar-refractivity contribution in [2.24, 2.45) is 0 Å². The first-order valence-electron chi connectivity index (χ1n) is 7.30. The summed E-state index contributed by atoms with van der Waals surface area (Å²) < 4.78 is 0. The largest absolute Gasteiger partial charge is 0.307 e. The van der Waals surface area contributed by atoms with Gasteiger partial charge in [0, 0.05) is 17.0 Å². The molecule has 2 rings (SSSR count). The Kier molecular flexibility index (Phi) is 5.32. The lowest BCUT2D eigenvalue weighted by molar-refractivity contribution is 0.459. The standard InChI is InChI=1S/C17H24N2S/c1-12(10-11-16-8-6-5-7-9-16)18-13(2)17-14(3)19-15(4)20-17/h5-9,12-13,18H,10-11H2,1-4H3. The van der Waals surface area contributed by atoms with Crippen LogP contribution in [0.15, 0.2) is 30.3 Å². The molecule has 0 fully saturated rings. The van der Waals surface area contributed by atoms with Crippen LogP contribution in [0.3, 0.4) is 0 Å². The fourth-order valence-electron chi connectivity index (χ4n) is 2.56. The molecule has 0 aliphatic carbocycles. The first-order chi connectivity index (χ1) is 9.56. The van der Waals surface area contributed by atoms with Crippen molar-refractivity contribution >= 4 is 11.3 Å². The third-order valence-corrected chi connectivity index (χ3v) is 4.83. The van der Waals surface area contributed by atoms with E-state index in [-0.39, 0.29) is 0 Å². The first kappa shape index (κ1) is 15.2. The lowest BCUT2D eigenvalue weighted by Gasteiger charge is -2.19. The Labute approximate surface area is 126 Å². The summed E-state index contributed by atoms with van der Waals surface area (Å²) in [5.41, 5.74) is 2.58. The molecule has 2 unspecified atom stereocenters. The Morgan fingerprint density at radius 3 is 2.45 bits per heavy atom. The van der Waals surface area contributed by atoms with Crippen LogP contribution in [0.5, 0.6) is 0 Å². The molecule has 0 saturated carbocycles. The molecule has 0 aliphatic rings. The van der Waals surface area contributed by atoms with Gasteiger partial charge in [0.05, 0.1) is 10.7 Å². The molecule has 1 aromatic heterocycles. The zero-order chi connectivity index (χ0) is 14.5. The summed E-state index contributed by atoms with van der Waals surface area (Å²) in [6.45, 7) is 8.68. The fraction of sp³-hybridized carbons (Fsp3) is 0.471. The molecule has 108 valence electrons. The van der Waals surface area contributed by atoms with Crippen LogP contribution in [0.25, 0.3) is 0 Å². The highest BCUT2D eigenvalue weighted by Crippen LogP contribution is 2.25. The highest BCUT2D eigenvalue weighted by Gasteiger charge is 2.14. The van der Waals surface area contributed by atoms with E-state index in [0.717, 1.165) is 17.8 Å². The molecule has 2 atom stereocenters. The van der Waals surface area contributed by atoms with Gasteiger partial charge in [-0.2, -0.15) is 0 Å². The van der Waals surface area contributed by atoms with E-state index in [1.807, 2.05) is 0 Å². The average molecular weight is 288 g/mol. The van der Waals surface area contributed by atoms with Crippen molar-refractivity contribution in [3.63, 3.8) is 0 Å². The van der Waals surface area contributed by atoms with Crippen molar-refractivity contribution in [1.29, 1.82) is 0 Å². The van der Waals surface area contributed by atoms with Crippen molar-refractivity contribution < 1.29 is 0 Å². The topological polar surface area (TPSA) is 24.9 Å². The predicted molar refractivity (Wildman–Crippen MR) is 87.4 cm³/mol. The maximum atomic E-state index is 4.51. The number of hydrogen-bond acceptors (Lipinski definition) is 3. The molecule has 2 aromatic rings. The average Bonchev–Trinajstić information content (AvgIpc) is 2.77. The number of benzene rings is 1. The summed E-state index contributed by atoms with van der Waals surface area (Å²) >= 11 is 1.81. The number of rotatable bonds is 6. The van der Waals surface area contributed by atoms with Gasteiger partial charge in [0.2, 0.25) is 0 Å². The quantitative estimate of drug-likeness (QED) is 0.850. The van der Waals surface area contributed by atoms with Crippen LogP contribution in [0.1, 0.15) is 47.5 Å². The SMILES string of the molecule is Cc1nc(C)c(C(C)NC(C)CCc2ccccc2)s1. The molecular formula is C17H24N2S. The minimum atomic E-state index is 0.381. The summed E-state index contributed by atoms with van der Waals surface area (Å²) in [6, 6.07) is 11.6. The number of nitrogens with zero attached hydrogens (tertiary/aromatic N) is 1. The molecule has 0 spiro atoms. The van der Waals surface area contributed by atoms with Crippen LogP contribution in [0.4, 0.5) is 0 Å². The van der Waals surface area contributed by atoms with E-state index in [2.05, 4.69) is 68.3 Å². The van der Waals surface area contributed by atoms with Crippen molar-refractivity contribution in [2.75, 3.05) is 0 Å². The Bertz CT molecular complexity index is 533. The van der Waals surface area contributed by atoms with Crippen LogP contribution in [-0.4, -0.2) is 11.0 Å². The number of thiazole rings is 1. The Balaban J connectivity index is 1.85. The lowest BCUT2D eigenvalue weighted by Crippen LogP contribution is -2.29. The van der Waals surface area contributed by atoms with Gasteiger partial charge in [-0.1, -0.05) is 30.3 Å². The van der Waals surface area contributed by atoms with Crippen LogP contribution >= 0.6 is 11.3 Å². The van der Waals surface area contributed by atoms with Gasteiger partial charge >= 0.3 is 0 Å². The third-order valence-electron chi connectivity index (χ3n) is 3.58. The zero-order valence-corrected chi connectivity index (χ0v) is 13.6. The number of nitrogens with one attached hydrogen (secondary N) is 1. The van der Waals surface area contributed by atoms with E-state index in [1.165, 1.54) is 16.1 Å². The van der Waals surface area contributed by atoms with Gasteiger partial charge in [-0.15, -0.1) is 11.3 Å². The Hall–Kier alpha value is -1.19. The van der Waals surface area contributed by atoms with Gasteiger partial charge in [-0.3, -0.25) is 0 Å². The molecule has 1 heterocycles. The van der Waals surface area contributed by atoms with Gasteiger partial charge < -0.3 is 5.32 Å². The second-order valence-electron chi connectivity index (χ2n) is 5.50. The van der Waals surface area contributed by atoms with E-state index in [1.54, 1.807) is 11.3 Å². The number of aryl methyl sites for hydroxylation is 3. The molecule has 1 aromatic carbocycles. The van der Waals surface area contributed by atoms with E-state index in [4.69, 9.17) is 0 Å². The predicted octanol–water partition coefficient (Wildman–Crippen LogP) is 4.43. The highest BCUT2D eigenvalue weighted by atomic mass is 32.1. The van der Waals surface area contributed by atoms with Gasteiger partial charge in [0.1, 0.15) is 0 Å². The first-order valence-corrected chi connectivity index (χ1v) is 8.12. The van der Waals surface area contributed by atoms with E-state index in [0.29, 0.717) is 12.1 Å². The Morgan fingerprint density at radius 1 is 1.15 bits per heavy atom. The fourth-order valence-corrected chi connectivity index (χ4v) is 3.50. The van der Waals surface area contributed by atoms with Gasteiger partial charge in [-0.05, 0) is 46.1 Å². The van der Waals surface area contributed by atoms with Crippen LogP contribution in [0, 0.1) is 13.8 Å². The highest BCUT2D eigenvalue weighted by molar-refractivity contribution is 7.11. The summed E-state index contributed by atoms with van der Waals surface area (Å²) in [4.78, 5) is 5.88. The molecule has 0 radical (unpaired) electrons. The van der Waals surface area contributed by atoms with Crippen molar-refractivity contribution in [2.45, 2.75) is 52.6 Å². The van der Waals surface area contributed by atoms with E-state index in [9.17, 15) is 0 Å².